The van der Waals surface area contributed by atoms with Crippen molar-refractivity contribution in [3.63, 3.8) is 0 Å². The van der Waals surface area contributed by atoms with E-state index in [4.69, 9.17) is 11.6 Å². The van der Waals surface area contributed by atoms with Crippen LogP contribution < -0.4 is 0 Å². The Hall–Kier alpha value is -1.76. The number of carbonyl (C=O) groups is 1. The SMILES string of the molecule is [C-]#[N+]C1C[C@]2(C)c3nc(C)nc(C)c3CC[C@H]2[C@H](C)C1=O. The minimum Gasteiger partial charge on any atom is -0.305 e. The van der Waals surface area contributed by atoms with E-state index >= 15 is 0 Å². The molecule has 4 heteroatoms. The lowest BCUT2D eigenvalue weighted by atomic mass is 9.55. The average Bonchev–Trinajstić information content (AvgIpc) is 2.43. The largest absolute Gasteiger partial charge is 0.305 e. The summed E-state index contributed by atoms with van der Waals surface area (Å²) in [7, 11) is 0. The number of fused-ring (bicyclic) bond motifs is 3. The molecule has 0 saturated heterocycles. The van der Waals surface area contributed by atoms with Crippen molar-refractivity contribution in [1.82, 2.24) is 9.97 Å². The Morgan fingerprint density at radius 1 is 1.33 bits per heavy atom. The Balaban J connectivity index is 2.17. The quantitative estimate of drug-likeness (QED) is 0.688. The lowest BCUT2D eigenvalue weighted by Gasteiger charge is -2.47. The third-order valence-electron chi connectivity index (χ3n) is 5.54. The summed E-state index contributed by atoms with van der Waals surface area (Å²) in [5.74, 6) is 1.16. The van der Waals surface area contributed by atoms with Crippen LogP contribution in [-0.2, 0) is 16.6 Å². The second kappa shape index (κ2) is 4.62. The first-order chi connectivity index (χ1) is 9.88. The van der Waals surface area contributed by atoms with Crippen LogP contribution in [-0.4, -0.2) is 21.8 Å². The van der Waals surface area contributed by atoms with Gasteiger partial charge >= 0.3 is 0 Å². The Bertz CT molecular complexity index is 661. The summed E-state index contributed by atoms with van der Waals surface area (Å²) >= 11 is 0. The highest BCUT2D eigenvalue weighted by molar-refractivity contribution is 5.89. The first kappa shape index (κ1) is 14.2. The number of hydrogen-bond donors (Lipinski definition) is 0. The number of hydrogen-bond acceptors (Lipinski definition) is 3. The molecule has 1 unspecified atom stereocenters. The van der Waals surface area contributed by atoms with Crippen LogP contribution in [0.25, 0.3) is 4.85 Å². The molecule has 0 aromatic carbocycles. The van der Waals surface area contributed by atoms with E-state index in [-0.39, 0.29) is 17.1 Å². The van der Waals surface area contributed by atoms with Crippen molar-refractivity contribution in [2.24, 2.45) is 11.8 Å². The number of nitrogens with zero attached hydrogens (tertiary/aromatic N) is 3. The molecule has 0 bridgehead atoms. The summed E-state index contributed by atoms with van der Waals surface area (Å²) in [6.45, 7) is 15.5. The predicted octanol–water partition coefficient (Wildman–Crippen LogP) is 2.81. The number of aryl methyl sites for hydroxylation is 2. The van der Waals surface area contributed by atoms with Crippen LogP contribution in [0.5, 0.6) is 0 Å². The summed E-state index contributed by atoms with van der Waals surface area (Å²) in [6.07, 6.45) is 2.55. The van der Waals surface area contributed by atoms with Crippen molar-refractivity contribution in [1.29, 1.82) is 0 Å². The van der Waals surface area contributed by atoms with Gasteiger partial charge in [0.1, 0.15) is 5.82 Å². The summed E-state index contributed by atoms with van der Waals surface area (Å²) in [5.41, 5.74) is 3.22. The molecular weight excluding hydrogens is 262 g/mol. The monoisotopic (exact) mass is 283 g/mol. The van der Waals surface area contributed by atoms with E-state index < -0.39 is 6.04 Å². The molecule has 110 valence electrons. The van der Waals surface area contributed by atoms with Gasteiger partial charge < -0.3 is 4.85 Å². The molecule has 1 fully saturated rings. The Kier molecular flexibility index (Phi) is 3.12. The zero-order valence-electron chi connectivity index (χ0n) is 13.1. The van der Waals surface area contributed by atoms with E-state index in [0.717, 1.165) is 30.1 Å². The van der Waals surface area contributed by atoms with E-state index in [9.17, 15) is 4.79 Å². The van der Waals surface area contributed by atoms with Crippen molar-refractivity contribution >= 4 is 5.78 Å². The Morgan fingerprint density at radius 2 is 2.05 bits per heavy atom. The van der Waals surface area contributed by atoms with Gasteiger partial charge in [0.15, 0.2) is 0 Å². The predicted molar refractivity (Wildman–Crippen MR) is 79.8 cm³/mol. The molecule has 0 amide bonds. The molecular formula is C17H21N3O. The Labute approximate surface area is 125 Å². The number of carbonyl (C=O) groups excluding carboxylic acids is 1. The zero-order chi connectivity index (χ0) is 15.4. The molecule has 2 aliphatic rings. The highest BCUT2D eigenvalue weighted by Crippen LogP contribution is 2.51. The fourth-order valence-corrected chi connectivity index (χ4v) is 4.46. The normalized spacial score (nSPS) is 34.8. The van der Waals surface area contributed by atoms with Gasteiger partial charge in [-0.2, -0.15) is 0 Å². The van der Waals surface area contributed by atoms with Crippen LogP contribution in [0, 0.1) is 32.3 Å². The van der Waals surface area contributed by atoms with Crippen LogP contribution in [0.1, 0.15) is 49.5 Å². The van der Waals surface area contributed by atoms with Crippen LogP contribution in [0.3, 0.4) is 0 Å². The highest BCUT2D eigenvalue weighted by atomic mass is 16.1. The van der Waals surface area contributed by atoms with E-state index in [1.165, 1.54) is 5.56 Å². The lowest BCUT2D eigenvalue weighted by Crippen LogP contribution is -2.52. The summed E-state index contributed by atoms with van der Waals surface area (Å²) in [5, 5.41) is 0. The zero-order valence-corrected chi connectivity index (χ0v) is 13.1. The van der Waals surface area contributed by atoms with Gasteiger partial charge in [0, 0.05) is 23.4 Å². The van der Waals surface area contributed by atoms with Crippen LogP contribution in [0.2, 0.25) is 0 Å². The standard InChI is InChI=1S/C17H21N3O/c1-9-13-7-6-12-10(2)19-11(3)20-16(12)17(13,4)8-14(18-5)15(9)21/h9,13-14H,6-8H2,1-4H3/t9-,13-,14?,17-/m0/s1. The Morgan fingerprint density at radius 3 is 2.71 bits per heavy atom. The van der Waals surface area contributed by atoms with Crippen molar-refractivity contribution in [3.8, 4) is 0 Å². The molecule has 1 aromatic heterocycles. The topological polar surface area (TPSA) is 47.2 Å². The molecule has 21 heavy (non-hydrogen) atoms. The van der Waals surface area contributed by atoms with E-state index in [1.54, 1.807) is 0 Å². The van der Waals surface area contributed by atoms with Gasteiger partial charge in [-0.3, -0.25) is 4.79 Å². The van der Waals surface area contributed by atoms with Crippen molar-refractivity contribution < 1.29 is 4.79 Å². The second-order valence-corrected chi connectivity index (χ2v) is 6.79. The molecule has 0 N–H and O–H groups in total. The van der Waals surface area contributed by atoms with Gasteiger partial charge in [-0.05, 0) is 38.2 Å². The third-order valence-corrected chi connectivity index (χ3v) is 5.54. The van der Waals surface area contributed by atoms with E-state index in [0.29, 0.717) is 12.3 Å². The molecule has 1 heterocycles. The molecule has 0 radical (unpaired) electrons. The third kappa shape index (κ3) is 1.91. The second-order valence-electron chi connectivity index (χ2n) is 6.79. The summed E-state index contributed by atoms with van der Waals surface area (Å²) in [6, 6.07) is -0.511. The van der Waals surface area contributed by atoms with E-state index in [2.05, 4.69) is 16.8 Å². The van der Waals surface area contributed by atoms with Crippen LogP contribution in [0.4, 0.5) is 0 Å². The lowest BCUT2D eigenvalue weighted by molar-refractivity contribution is -0.129. The fraction of sp³-hybridized carbons (Fsp3) is 0.647. The first-order valence-corrected chi connectivity index (χ1v) is 7.63. The van der Waals surface area contributed by atoms with E-state index in [1.807, 2.05) is 20.8 Å². The first-order valence-electron chi connectivity index (χ1n) is 7.63. The molecule has 1 aromatic rings. The minimum absolute atomic E-state index is 0.0495. The summed E-state index contributed by atoms with van der Waals surface area (Å²) < 4.78 is 0. The number of aromatic nitrogens is 2. The fourth-order valence-electron chi connectivity index (χ4n) is 4.46. The maximum absolute atomic E-state index is 12.4. The molecule has 4 nitrogen and oxygen atoms in total. The maximum Gasteiger partial charge on any atom is 0.282 e. The highest BCUT2D eigenvalue weighted by Gasteiger charge is 2.55. The molecule has 0 aliphatic heterocycles. The molecule has 3 rings (SSSR count). The maximum atomic E-state index is 12.4. The van der Waals surface area contributed by atoms with Gasteiger partial charge in [-0.25, -0.2) is 16.5 Å². The van der Waals surface area contributed by atoms with Crippen LogP contribution in [0.15, 0.2) is 0 Å². The van der Waals surface area contributed by atoms with Gasteiger partial charge in [0.05, 0.1) is 5.69 Å². The van der Waals surface area contributed by atoms with Gasteiger partial charge in [0.25, 0.3) is 6.04 Å². The van der Waals surface area contributed by atoms with Crippen molar-refractivity contribution in [2.75, 3.05) is 0 Å². The summed E-state index contributed by atoms with van der Waals surface area (Å²) in [4.78, 5) is 25.2. The van der Waals surface area contributed by atoms with Gasteiger partial charge in [0.2, 0.25) is 5.78 Å². The molecule has 2 aliphatic carbocycles. The van der Waals surface area contributed by atoms with Gasteiger partial charge in [-0.15, -0.1) is 0 Å². The molecule has 4 atom stereocenters. The minimum atomic E-state index is -0.511. The average molecular weight is 283 g/mol. The van der Waals surface area contributed by atoms with Gasteiger partial charge in [-0.1, -0.05) is 13.8 Å². The van der Waals surface area contributed by atoms with Crippen LogP contribution >= 0.6 is 0 Å². The smallest absolute Gasteiger partial charge is 0.282 e. The van der Waals surface area contributed by atoms with Crippen molar-refractivity contribution in [2.45, 2.75) is 58.4 Å². The molecule has 0 spiro atoms. The number of Topliss-reactive ketones (excluding diaryl/α,β-unsaturated/α-hetero) is 1. The number of ketones is 1. The van der Waals surface area contributed by atoms with Crippen molar-refractivity contribution in [3.05, 3.63) is 34.2 Å². The number of rotatable bonds is 0. The molecule has 1 saturated carbocycles.